The predicted molar refractivity (Wildman–Crippen MR) is 54.0 cm³/mol. The summed E-state index contributed by atoms with van der Waals surface area (Å²) in [6.45, 7) is 0.380. The molecule has 0 bridgehead atoms. The van der Waals surface area contributed by atoms with Crippen LogP contribution in [-0.4, -0.2) is 22.0 Å². The van der Waals surface area contributed by atoms with Gasteiger partial charge in [0.25, 0.3) is 0 Å². The van der Waals surface area contributed by atoms with Gasteiger partial charge in [0.05, 0.1) is 11.9 Å². The van der Waals surface area contributed by atoms with E-state index in [1.54, 1.807) is 7.05 Å². The molecule has 0 atom stereocenters. The van der Waals surface area contributed by atoms with Crippen LogP contribution in [-0.2, 0) is 6.54 Å². The molecule has 0 unspecified atom stereocenters. The maximum atomic E-state index is 13.5. The highest BCUT2D eigenvalue weighted by Crippen LogP contribution is 2.18. The molecule has 0 saturated heterocycles. The van der Waals surface area contributed by atoms with Gasteiger partial charge in [0, 0.05) is 18.7 Å². The zero-order chi connectivity index (χ0) is 12.4. The Morgan fingerprint density at radius 3 is 2.59 bits per heavy atom. The lowest BCUT2D eigenvalue weighted by molar-refractivity contribution is 0.490. The van der Waals surface area contributed by atoms with Crippen LogP contribution in [0.1, 0.15) is 5.69 Å². The van der Waals surface area contributed by atoms with Crippen LogP contribution in [0.25, 0.3) is 5.69 Å². The summed E-state index contributed by atoms with van der Waals surface area (Å²) in [6, 6.07) is 1.23. The number of hydrogen-bond acceptors (Lipinski definition) is 3. The Morgan fingerprint density at radius 1 is 1.18 bits per heavy atom. The predicted octanol–water partition coefficient (Wildman–Crippen LogP) is 1.40. The second kappa shape index (κ2) is 4.54. The second-order valence-corrected chi connectivity index (χ2v) is 3.39. The first kappa shape index (κ1) is 11.6. The molecule has 0 saturated carbocycles. The molecular weight excluding hydrogens is 233 g/mol. The fraction of sp³-hybridized carbons (Fsp3) is 0.200. The SMILES string of the molecule is CNCc1cnnn1-c1cc(F)c(F)cc1F. The van der Waals surface area contributed by atoms with E-state index in [2.05, 4.69) is 15.6 Å². The Hall–Kier alpha value is -1.89. The molecule has 0 aliphatic heterocycles. The highest BCUT2D eigenvalue weighted by molar-refractivity contribution is 5.34. The third-order valence-corrected chi connectivity index (χ3v) is 2.20. The summed E-state index contributed by atoms with van der Waals surface area (Å²) in [5, 5.41) is 10.1. The van der Waals surface area contributed by atoms with Crippen molar-refractivity contribution in [2.45, 2.75) is 6.54 Å². The van der Waals surface area contributed by atoms with Crippen molar-refractivity contribution in [3.05, 3.63) is 41.5 Å². The molecule has 90 valence electrons. The van der Waals surface area contributed by atoms with Crippen LogP contribution in [0.5, 0.6) is 0 Å². The van der Waals surface area contributed by atoms with E-state index in [1.807, 2.05) is 0 Å². The summed E-state index contributed by atoms with van der Waals surface area (Å²) < 4.78 is 40.4. The zero-order valence-corrected chi connectivity index (χ0v) is 8.91. The Labute approximate surface area is 95.1 Å². The Kier molecular flexibility index (Phi) is 3.10. The van der Waals surface area contributed by atoms with Crippen molar-refractivity contribution in [1.82, 2.24) is 20.3 Å². The van der Waals surface area contributed by atoms with E-state index in [9.17, 15) is 13.2 Å². The molecule has 17 heavy (non-hydrogen) atoms. The minimum atomic E-state index is -1.23. The van der Waals surface area contributed by atoms with E-state index in [-0.39, 0.29) is 5.69 Å². The number of hydrogen-bond donors (Lipinski definition) is 1. The molecule has 1 aromatic carbocycles. The lowest BCUT2D eigenvalue weighted by Gasteiger charge is -2.07. The Balaban J connectivity index is 2.52. The van der Waals surface area contributed by atoms with Crippen molar-refractivity contribution in [2.24, 2.45) is 0 Å². The lowest BCUT2D eigenvalue weighted by Crippen LogP contribution is -2.12. The minimum Gasteiger partial charge on any atom is -0.314 e. The molecule has 4 nitrogen and oxygen atoms in total. The maximum absolute atomic E-state index is 13.5. The summed E-state index contributed by atoms with van der Waals surface area (Å²) in [5.74, 6) is -3.26. The first-order valence-electron chi connectivity index (χ1n) is 4.82. The third kappa shape index (κ3) is 2.14. The highest BCUT2D eigenvalue weighted by atomic mass is 19.2. The fourth-order valence-corrected chi connectivity index (χ4v) is 1.44. The normalized spacial score (nSPS) is 10.8. The molecular formula is C10H9F3N4. The van der Waals surface area contributed by atoms with Gasteiger partial charge in [0.2, 0.25) is 0 Å². The van der Waals surface area contributed by atoms with Crippen LogP contribution in [0.3, 0.4) is 0 Å². The van der Waals surface area contributed by atoms with Gasteiger partial charge in [0.15, 0.2) is 17.5 Å². The average molecular weight is 242 g/mol. The smallest absolute Gasteiger partial charge is 0.161 e. The Morgan fingerprint density at radius 2 is 1.88 bits per heavy atom. The summed E-state index contributed by atoms with van der Waals surface area (Å²) >= 11 is 0. The van der Waals surface area contributed by atoms with Gasteiger partial charge in [-0.05, 0) is 7.05 Å². The quantitative estimate of drug-likeness (QED) is 0.827. The highest BCUT2D eigenvalue weighted by Gasteiger charge is 2.14. The van der Waals surface area contributed by atoms with Crippen LogP contribution in [0.4, 0.5) is 13.2 Å². The molecule has 7 heteroatoms. The average Bonchev–Trinajstić information content (AvgIpc) is 2.72. The third-order valence-electron chi connectivity index (χ3n) is 2.20. The van der Waals surface area contributed by atoms with Crippen molar-refractivity contribution in [3.63, 3.8) is 0 Å². The van der Waals surface area contributed by atoms with Gasteiger partial charge in [-0.3, -0.25) is 0 Å². The van der Waals surface area contributed by atoms with E-state index < -0.39 is 17.5 Å². The van der Waals surface area contributed by atoms with Crippen molar-refractivity contribution >= 4 is 0 Å². The molecule has 2 aromatic rings. The number of nitrogens with zero attached hydrogens (tertiary/aromatic N) is 3. The standard InChI is InChI=1S/C10H9F3N4/c1-14-4-6-5-15-16-17(6)10-3-8(12)7(11)2-9(10)13/h2-3,5,14H,4H2,1H3. The molecule has 0 radical (unpaired) electrons. The van der Waals surface area contributed by atoms with Crippen LogP contribution < -0.4 is 5.32 Å². The number of rotatable bonds is 3. The molecule has 0 aliphatic carbocycles. The van der Waals surface area contributed by atoms with E-state index in [1.165, 1.54) is 6.20 Å². The summed E-state index contributed by atoms with van der Waals surface area (Å²) in [6.07, 6.45) is 1.41. The van der Waals surface area contributed by atoms with E-state index in [0.29, 0.717) is 18.3 Å². The molecule has 0 aliphatic rings. The van der Waals surface area contributed by atoms with Crippen LogP contribution in [0, 0.1) is 17.5 Å². The monoisotopic (exact) mass is 242 g/mol. The van der Waals surface area contributed by atoms with E-state index in [4.69, 9.17) is 0 Å². The molecule has 0 amide bonds. The van der Waals surface area contributed by atoms with Crippen LogP contribution >= 0.6 is 0 Å². The largest absolute Gasteiger partial charge is 0.314 e. The topological polar surface area (TPSA) is 42.7 Å². The summed E-state index contributed by atoms with van der Waals surface area (Å²) in [4.78, 5) is 0. The number of benzene rings is 1. The van der Waals surface area contributed by atoms with Crippen molar-refractivity contribution < 1.29 is 13.2 Å². The molecule has 1 heterocycles. The van der Waals surface area contributed by atoms with E-state index in [0.717, 1.165) is 10.7 Å². The van der Waals surface area contributed by atoms with Gasteiger partial charge in [-0.2, -0.15) is 0 Å². The molecule has 1 N–H and O–H groups in total. The molecule has 0 fully saturated rings. The fourth-order valence-electron chi connectivity index (χ4n) is 1.44. The Bertz CT molecular complexity index is 538. The van der Waals surface area contributed by atoms with Gasteiger partial charge in [0.1, 0.15) is 5.69 Å². The second-order valence-electron chi connectivity index (χ2n) is 3.39. The summed E-state index contributed by atoms with van der Waals surface area (Å²) in [5.41, 5.74) is 0.365. The molecule has 2 rings (SSSR count). The first-order chi connectivity index (χ1) is 8.13. The number of halogens is 3. The number of nitrogens with one attached hydrogen (secondary N) is 1. The van der Waals surface area contributed by atoms with Crippen molar-refractivity contribution in [3.8, 4) is 5.69 Å². The lowest BCUT2D eigenvalue weighted by atomic mass is 10.2. The zero-order valence-electron chi connectivity index (χ0n) is 8.91. The van der Waals surface area contributed by atoms with Crippen molar-refractivity contribution in [2.75, 3.05) is 7.05 Å². The summed E-state index contributed by atoms with van der Waals surface area (Å²) in [7, 11) is 1.69. The number of aromatic nitrogens is 3. The molecule has 1 aromatic heterocycles. The van der Waals surface area contributed by atoms with Gasteiger partial charge >= 0.3 is 0 Å². The van der Waals surface area contributed by atoms with Gasteiger partial charge in [-0.25, -0.2) is 17.9 Å². The van der Waals surface area contributed by atoms with Gasteiger partial charge in [-0.15, -0.1) is 5.10 Å². The first-order valence-corrected chi connectivity index (χ1v) is 4.82. The molecule has 0 spiro atoms. The maximum Gasteiger partial charge on any atom is 0.161 e. The van der Waals surface area contributed by atoms with E-state index >= 15 is 0 Å². The van der Waals surface area contributed by atoms with Crippen molar-refractivity contribution in [1.29, 1.82) is 0 Å². The van der Waals surface area contributed by atoms with Gasteiger partial charge < -0.3 is 5.32 Å². The van der Waals surface area contributed by atoms with Gasteiger partial charge in [-0.1, -0.05) is 5.21 Å². The minimum absolute atomic E-state index is 0.174. The van der Waals surface area contributed by atoms with Crippen LogP contribution in [0.15, 0.2) is 18.3 Å². The van der Waals surface area contributed by atoms with Crippen LogP contribution in [0.2, 0.25) is 0 Å².